The van der Waals surface area contributed by atoms with E-state index in [1.165, 1.54) is 12.8 Å². The molecule has 0 bridgehead atoms. The zero-order chi connectivity index (χ0) is 12.4. The first-order valence-corrected chi connectivity index (χ1v) is 6.53. The molecule has 94 valence electrons. The number of nitrogens with zero attached hydrogens (tertiary/aromatic N) is 2. The van der Waals surface area contributed by atoms with Crippen molar-refractivity contribution in [1.82, 2.24) is 20.3 Å². The zero-order valence-electron chi connectivity index (χ0n) is 10.6. The van der Waals surface area contributed by atoms with Crippen LogP contribution in [0.15, 0.2) is 24.4 Å². The summed E-state index contributed by atoms with van der Waals surface area (Å²) in [5, 5.41) is 3.49. The third-order valence-electron chi connectivity index (χ3n) is 3.37. The maximum absolute atomic E-state index is 4.66. The Morgan fingerprint density at radius 1 is 1.39 bits per heavy atom. The third kappa shape index (κ3) is 2.43. The highest BCUT2D eigenvalue weighted by atomic mass is 15.0. The van der Waals surface area contributed by atoms with Crippen LogP contribution in [0.4, 0.5) is 0 Å². The van der Waals surface area contributed by atoms with Crippen LogP contribution in [-0.4, -0.2) is 27.5 Å². The standard InChI is InChI=1S/C14H18N4/c1-10-8-13(12-5-3-7-16-12)18-14(17-10)9-11-4-2-6-15-11/h3,5,7-8,11,15-16H,2,4,6,9H2,1H3. The van der Waals surface area contributed by atoms with E-state index in [9.17, 15) is 0 Å². The van der Waals surface area contributed by atoms with Gasteiger partial charge in [-0.15, -0.1) is 0 Å². The molecule has 3 rings (SSSR count). The van der Waals surface area contributed by atoms with Crippen molar-refractivity contribution in [2.45, 2.75) is 32.2 Å². The fourth-order valence-corrected chi connectivity index (χ4v) is 2.50. The van der Waals surface area contributed by atoms with Gasteiger partial charge in [-0.1, -0.05) is 0 Å². The maximum Gasteiger partial charge on any atom is 0.130 e. The van der Waals surface area contributed by atoms with Gasteiger partial charge in [0, 0.05) is 24.4 Å². The lowest BCUT2D eigenvalue weighted by molar-refractivity contribution is 0.584. The van der Waals surface area contributed by atoms with Crippen molar-refractivity contribution in [1.29, 1.82) is 0 Å². The van der Waals surface area contributed by atoms with Crippen molar-refractivity contribution in [3.8, 4) is 11.4 Å². The van der Waals surface area contributed by atoms with Crippen LogP contribution >= 0.6 is 0 Å². The third-order valence-corrected chi connectivity index (χ3v) is 3.37. The highest BCUT2D eigenvalue weighted by Gasteiger charge is 2.16. The summed E-state index contributed by atoms with van der Waals surface area (Å²) in [6, 6.07) is 6.60. The lowest BCUT2D eigenvalue weighted by Crippen LogP contribution is -2.24. The summed E-state index contributed by atoms with van der Waals surface area (Å²) in [5.74, 6) is 0.944. The Morgan fingerprint density at radius 3 is 3.06 bits per heavy atom. The topological polar surface area (TPSA) is 53.6 Å². The van der Waals surface area contributed by atoms with Gasteiger partial charge in [-0.25, -0.2) is 9.97 Å². The van der Waals surface area contributed by atoms with Crippen LogP contribution in [0, 0.1) is 6.92 Å². The van der Waals surface area contributed by atoms with Crippen LogP contribution in [0.5, 0.6) is 0 Å². The van der Waals surface area contributed by atoms with Crippen LogP contribution in [0.25, 0.3) is 11.4 Å². The maximum atomic E-state index is 4.66. The number of aryl methyl sites for hydroxylation is 1. The summed E-state index contributed by atoms with van der Waals surface area (Å²) in [5.41, 5.74) is 3.07. The van der Waals surface area contributed by atoms with E-state index >= 15 is 0 Å². The normalized spacial score (nSPS) is 19.3. The van der Waals surface area contributed by atoms with Crippen LogP contribution < -0.4 is 5.32 Å². The Hall–Kier alpha value is -1.68. The molecule has 2 aromatic rings. The Kier molecular flexibility index (Phi) is 3.11. The SMILES string of the molecule is Cc1cc(-c2ccc[nH]2)nc(CC2CCCN2)n1. The molecule has 0 spiro atoms. The van der Waals surface area contributed by atoms with E-state index in [0.717, 1.165) is 35.9 Å². The van der Waals surface area contributed by atoms with E-state index in [0.29, 0.717) is 6.04 Å². The first-order valence-electron chi connectivity index (χ1n) is 6.53. The van der Waals surface area contributed by atoms with E-state index in [1.54, 1.807) is 0 Å². The average molecular weight is 242 g/mol. The summed E-state index contributed by atoms with van der Waals surface area (Å²) in [6.07, 6.45) is 5.34. The number of nitrogens with one attached hydrogen (secondary N) is 2. The number of rotatable bonds is 3. The quantitative estimate of drug-likeness (QED) is 0.866. The second kappa shape index (κ2) is 4.90. The average Bonchev–Trinajstić information content (AvgIpc) is 3.00. The summed E-state index contributed by atoms with van der Waals surface area (Å²) < 4.78 is 0. The summed E-state index contributed by atoms with van der Waals surface area (Å²) >= 11 is 0. The van der Waals surface area contributed by atoms with Crippen molar-refractivity contribution >= 4 is 0 Å². The van der Waals surface area contributed by atoms with Crippen molar-refractivity contribution < 1.29 is 0 Å². The molecule has 0 aromatic carbocycles. The molecule has 2 N–H and O–H groups in total. The van der Waals surface area contributed by atoms with Gasteiger partial charge in [0.05, 0.1) is 11.4 Å². The smallest absolute Gasteiger partial charge is 0.130 e. The van der Waals surface area contributed by atoms with E-state index in [1.807, 2.05) is 31.3 Å². The number of H-pyrrole nitrogens is 1. The molecule has 3 heterocycles. The van der Waals surface area contributed by atoms with Crippen LogP contribution in [0.2, 0.25) is 0 Å². The molecule has 4 nitrogen and oxygen atoms in total. The predicted octanol–water partition coefficient (Wildman–Crippen LogP) is 2.07. The largest absolute Gasteiger partial charge is 0.360 e. The Balaban J connectivity index is 1.86. The van der Waals surface area contributed by atoms with Crippen molar-refractivity contribution in [3.05, 3.63) is 35.9 Å². The first-order chi connectivity index (χ1) is 8.81. The lowest BCUT2D eigenvalue weighted by Gasteiger charge is -2.10. The van der Waals surface area contributed by atoms with Gasteiger partial charge in [-0.05, 0) is 44.5 Å². The summed E-state index contributed by atoms with van der Waals surface area (Å²) in [7, 11) is 0. The van der Waals surface area contributed by atoms with E-state index < -0.39 is 0 Å². The Morgan fingerprint density at radius 2 is 2.33 bits per heavy atom. The summed E-state index contributed by atoms with van der Waals surface area (Å²) in [4.78, 5) is 12.4. The van der Waals surface area contributed by atoms with E-state index in [4.69, 9.17) is 0 Å². The molecule has 1 aliphatic heterocycles. The van der Waals surface area contributed by atoms with E-state index in [2.05, 4.69) is 20.3 Å². The Bertz CT molecular complexity index is 513. The zero-order valence-corrected chi connectivity index (χ0v) is 10.6. The van der Waals surface area contributed by atoms with Gasteiger partial charge >= 0.3 is 0 Å². The minimum atomic E-state index is 0.545. The van der Waals surface area contributed by atoms with E-state index in [-0.39, 0.29) is 0 Å². The fraction of sp³-hybridized carbons (Fsp3) is 0.429. The second-order valence-electron chi connectivity index (χ2n) is 4.89. The number of hydrogen-bond donors (Lipinski definition) is 2. The first kappa shape index (κ1) is 11.4. The van der Waals surface area contributed by atoms with Crippen molar-refractivity contribution in [2.24, 2.45) is 0 Å². The molecule has 1 fully saturated rings. The minimum absolute atomic E-state index is 0.545. The van der Waals surface area contributed by atoms with Gasteiger partial charge in [0.2, 0.25) is 0 Å². The molecule has 0 radical (unpaired) electrons. The number of hydrogen-bond acceptors (Lipinski definition) is 3. The molecule has 18 heavy (non-hydrogen) atoms. The molecule has 0 saturated carbocycles. The molecule has 1 unspecified atom stereocenters. The molecular formula is C14H18N4. The minimum Gasteiger partial charge on any atom is -0.360 e. The van der Waals surface area contributed by atoms with Gasteiger partial charge in [-0.3, -0.25) is 0 Å². The van der Waals surface area contributed by atoms with Crippen LogP contribution in [0.3, 0.4) is 0 Å². The molecule has 0 aliphatic carbocycles. The molecular weight excluding hydrogens is 224 g/mol. The van der Waals surface area contributed by atoms with Gasteiger partial charge in [0.15, 0.2) is 0 Å². The second-order valence-corrected chi connectivity index (χ2v) is 4.89. The van der Waals surface area contributed by atoms with Crippen LogP contribution in [-0.2, 0) is 6.42 Å². The fourth-order valence-electron chi connectivity index (χ4n) is 2.50. The highest BCUT2D eigenvalue weighted by molar-refractivity contribution is 5.54. The molecule has 1 saturated heterocycles. The molecule has 1 aliphatic rings. The monoisotopic (exact) mass is 242 g/mol. The van der Waals surface area contributed by atoms with Crippen molar-refractivity contribution in [3.63, 3.8) is 0 Å². The molecule has 4 heteroatoms. The van der Waals surface area contributed by atoms with Gasteiger partial charge in [0.25, 0.3) is 0 Å². The highest BCUT2D eigenvalue weighted by Crippen LogP contribution is 2.17. The number of aromatic amines is 1. The molecule has 2 aromatic heterocycles. The predicted molar refractivity (Wildman–Crippen MR) is 71.3 cm³/mol. The summed E-state index contributed by atoms with van der Waals surface area (Å²) in [6.45, 7) is 3.15. The Labute approximate surface area is 107 Å². The number of aromatic nitrogens is 3. The lowest BCUT2D eigenvalue weighted by atomic mass is 10.1. The molecule has 1 atom stereocenters. The molecule has 0 amide bonds. The van der Waals surface area contributed by atoms with Crippen molar-refractivity contribution in [2.75, 3.05) is 6.54 Å². The van der Waals surface area contributed by atoms with Crippen LogP contribution in [0.1, 0.15) is 24.4 Å². The van der Waals surface area contributed by atoms with Gasteiger partial charge in [0.1, 0.15) is 5.82 Å². The van der Waals surface area contributed by atoms with Gasteiger partial charge < -0.3 is 10.3 Å². The van der Waals surface area contributed by atoms with Gasteiger partial charge in [-0.2, -0.15) is 0 Å².